The van der Waals surface area contributed by atoms with Crippen molar-refractivity contribution in [3.63, 3.8) is 0 Å². The molecular weight excluding hydrogens is 126 g/mol. The fraction of sp³-hybridized carbons (Fsp3) is 0.143. The summed E-state index contributed by atoms with van der Waals surface area (Å²) in [6.45, 7) is 3.42. The Morgan fingerprint density at radius 2 is 2.40 bits per heavy atom. The lowest BCUT2D eigenvalue weighted by atomic mass is 10.2. The average Bonchev–Trinajstić information content (AvgIpc) is 1.99. The lowest BCUT2D eigenvalue weighted by Crippen LogP contribution is -2.07. The Hall–Kier alpha value is -1.56. The van der Waals surface area contributed by atoms with Gasteiger partial charge < -0.3 is 5.73 Å². The zero-order valence-corrected chi connectivity index (χ0v) is 5.83. The highest BCUT2D eigenvalue weighted by Crippen LogP contribution is 1.90. The van der Waals surface area contributed by atoms with Crippen LogP contribution in [-0.2, 0) is 0 Å². The van der Waals surface area contributed by atoms with Crippen LogP contribution in [0.15, 0.2) is 29.3 Å². The van der Waals surface area contributed by atoms with E-state index < -0.39 is 0 Å². The number of rotatable bonds is 2. The normalized spacial score (nSPS) is 12.4. The van der Waals surface area contributed by atoms with Crippen molar-refractivity contribution in [3.8, 4) is 6.07 Å². The first-order valence-electron chi connectivity index (χ1n) is 2.71. The SMILES string of the molecule is C=C/C(C#N)=C\C(N)=NC. The Bertz CT molecular complexity index is 217. The molecule has 0 radical (unpaired) electrons. The fourth-order valence-electron chi connectivity index (χ4n) is 0.361. The van der Waals surface area contributed by atoms with E-state index in [0.29, 0.717) is 11.4 Å². The Morgan fingerprint density at radius 3 is 2.70 bits per heavy atom. The minimum atomic E-state index is 0.330. The number of nitrogens with zero attached hydrogens (tertiary/aromatic N) is 2. The van der Waals surface area contributed by atoms with Crippen LogP contribution >= 0.6 is 0 Å². The molecule has 0 unspecified atom stereocenters. The van der Waals surface area contributed by atoms with Gasteiger partial charge in [-0.05, 0) is 6.08 Å². The minimum Gasteiger partial charge on any atom is -0.384 e. The summed E-state index contributed by atoms with van der Waals surface area (Å²) in [6, 6.07) is 1.90. The molecule has 0 spiro atoms. The van der Waals surface area contributed by atoms with Crippen molar-refractivity contribution >= 4 is 5.84 Å². The van der Waals surface area contributed by atoms with Crippen LogP contribution in [0.4, 0.5) is 0 Å². The average molecular weight is 135 g/mol. The zero-order valence-electron chi connectivity index (χ0n) is 5.83. The molecule has 0 fully saturated rings. The number of amidine groups is 1. The van der Waals surface area contributed by atoms with Gasteiger partial charge in [-0.3, -0.25) is 4.99 Å². The number of hydrogen-bond donors (Lipinski definition) is 1. The van der Waals surface area contributed by atoms with Gasteiger partial charge in [-0.25, -0.2) is 0 Å². The minimum absolute atomic E-state index is 0.330. The topological polar surface area (TPSA) is 62.2 Å². The van der Waals surface area contributed by atoms with Crippen LogP contribution in [0.3, 0.4) is 0 Å². The fourth-order valence-corrected chi connectivity index (χ4v) is 0.361. The monoisotopic (exact) mass is 135 g/mol. The van der Waals surface area contributed by atoms with E-state index in [0.717, 1.165) is 0 Å². The second-order valence-corrected chi connectivity index (χ2v) is 1.56. The van der Waals surface area contributed by atoms with Gasteiger partial charge in [-0.1, -0.05) is 12.7 Å². The molecule has 2 N–H and O–H groups in total. The zero-order chi connectivity index (χ0) is 7.98. The molecule has 0 aromatic heterocycles. The Balaban J connectivity index is 4.44. The lowest BCUT2D eigenvalue weighted by Gasteiger charge is -1.87. The number of nitriles is 1. The van der Waals surface area contributed by atoms with Gasteiger partial charge in [0.25, 0.3) is 0 Å². The molecule has 10 heavy (non-hydrogen) atoms. The van der Waals surface area contributed by atoms with Crippen LogP contribution in [-0.4, -0.2) is 12.9 Å². The summed E-state index contributed by atoms with van der Waals surface area (Å²) in [5.41, 5.74) is 5.72. The molecule has 0 rings (SSSR count). The maximum absolute atomic E-state index is 8.37. The third-order valence-corrected chi connectivity index (χ3v) is 0.911. The van der Waals surface area contributed by atoms with Crippen LogP contribution in [0.1, 0.15) is 0 Å². The maximum Gasteiger partial charge on any atom is 0.119 e. The van der Waals surface area contributed by atoms with Crippen LogP contribution in [0, 0.1) is 11.3 Å². The number of allylic oxidation sites excluding steroid dienone is 2. The summed E-state index contributed by atoms with van der Waals surface area (Å²) in [5.74, 6) is 0.330. The highest BCUT2D eigenvalue weighted by Gasteiger charge is 1.87. The highest BCUT2D eigenvalue weighted by molar-refractivity contribution is 5.92. The van der Waals surface area contributed by atoms with Crippen molar-refractivity contribution in [1.82, 2.24) is 0 Å². The van der Waals surface area contributed by atoms with E-state index in [1.165, 1.54) is 12.2 Å². The first-order valence-corrected chi connectivity index (χ1v) is 2.71. The molecule has 0 aromatic rings. The quantitative estimate of drug-likeness (QED) is 0.261. The van der Waals surface area contributed by atoms with Gasteiger partial charge in [0.05, 0.1) is 11.6 Å². The van der Waals surface area contributed by atoms with Gasteiger partial charge in [0.15, 0.2) is 0 Å². The third-order valence-electron chi connectivity index (χ3n) is 0.911. The molecule has 52 valence electrons. The lowest BCUT2D eigenvalue weighted by molar-refractivity contribution is 1.41. The van der Waals surface area contributed by atoms with Gasteiger partial charge in [0.2, 0.25) is 0 Å². The molecular formula is C7H9N3. The largest absolute Gasteiger partial charge is 0.384 e. The number of hydrogen-bond acceptors (Lipinski definition) is 2. The Morgan fingerprint density at radius 1 is 1.80 bits per heavy atom. The first kappa shape index (κ1) is 8.44. The van der Waals surface area contributed by atoms with Gasteiger partial charge in [-0.15, -0.1) is 0 Å². The van der Waals surface area contributed by atoms with Gasteiger partial charge in [0.1, 0.15) is 5.84 Å². The molecule has 0 aliphatic rings. The summed E-state index contributed by atoms with van der Waals surface area (Å²) in [4.78, 5) is 3.64. The number of nitrogens with two attached hydrogens (primary N) is 1. The highest BCUT2D eigenvalue weighted by atomic mass is 14.8. The van der Waals surface area contributed by atoms with E-state index in [4.69, 9.17) is 11.0 Å². The van der Waals surface area contributed by atoms with Crippen molar-refractivity contribution in [2.75, 3.05) is 7.05 Å². The van der Waals surface area contributed by atoms with Crippen molar-refractivity contribution in [2.24, 2.45) is 10.7 Å². The third kappa shape index (κ3) is 2.68. The Kier molecular flexibility index (Phi) is 3.66. The van der Waals surface area contributed by atoms with Crippen molar-refractivity contribution in [2.45, 2.75) is 0 Å². The van der Waals surface area contributed by atoms with Gasteiger partial charge in [0, 0.05) is 7.05 Å². The summed E-state index contributed by atoms with van der Waals surface area (Å²) < 4.78 is 0. The van der Waals surface area contributed by atoms with Gasteiger partial charge >= 0.3 is 0 Å². The van der Waals surface area contributed by atoms with Crippen molar-refractivity contribution in [3.05, 3.63) is 24.3 Å². The molecule has 0 atom stereocenters. The molecule has 0 saturated heterocycles. The standard InChI is InChI=1S/C7H9N3/c1-3-6(5-8)4-7(9)10-2/h3-4H,1H2,2H3,(H2,9,10)/b6-4+. The van der Waals surface area contributed by atoms with E-state index in [9.17, 15) is 0 Å². The van der Waals surface area contributed by atoms with Crippen LogP contribution in [0.2, 0.25) is 0 Å². The molecule has 0 heterocycles. The summed E-state index contributed by atoms with van der Waals surface area (Å²) >= 11 is 0. The molecule has 0 amide bonds. The predicted molar refractivity (Wildman–Crippen MR) is 41.4 cm³/mol. The van der Waals surface area contributed by atoms with Gasteiger partial charge in [-0.2, -0.15) is 5.26 Å². The molecule has 3 nitrogen and oxygen atoms in total. The predicted octanol–water partition coefficient (Wildman–Crippen LogP) is 0.609. The molecule has 0 aliphatic heterocycles. The summed E-state index contributed by atoms with van der Waals surface area (Å²) in [6.07, 6.45) is 2.89. The van der Waals surface area contributed by atoms with E-state index in [1.54, 1.807) is 7.05 Å². The van der Waals surface area contributed by atoms with E-state index >= 15 is 0 Å². The molecule has 0 bridgehead atoms. The first-order chi connectivity index (χ1) is 4.74. The number of aliphatic imine (C=N–C) groups is 1. The molecule has 3 heteroatoms. The Labute approximate surface area is 60.2 Å². The van der Waals surface area contributed by atoms with Crippen molar-refractivity contribution < 1.29 is 0 Å². The summed E-state index contributed by atoms with van der Waals surface area (Å²) in [5, 5.41) is 8.37. The smallest absolute Gasteiger partial charge is 0.119 e. The van der Waals surface area contributed by atoms with E-state index in [1.807, 2.05) is 6.07 Å². The molecule has 0 saturated carbocycles. The molecule has 0 aromatic carbocycles. The van der Waals surface area contributed by atoms with Crippen LogP contribution < -0.4 is 5.73 Å². The summed E-state index contributed by atoms with van der Waals surface area (Å²) in [7, 11) is 1.56. The van der Waals surface area contributed by atoms with Crippen LogP contribution in [0.5, 0.6) is 0 Å². The van der Waals surface area contributed by atoms with Crippen LogP contribution in [0.25, 0.3) is 0 Å². The van der Waals surface area contributed by atoms with E-state index in [2.05, 4.69) is 11.6 Å². The maximum atomic E-state index is 8.37. The second-order valence-electron chi connectivity index (χ2n) is 1.56. The molecule has 0 aliphatic carbocycles. The second kappa shape index (κ2) is 4.33. The van der Waals surface area contributed by atoms with Crippen molar-refractivity contribution in [1.29, 1.82) is 5.26 Å². The van der Waals surface area contributed by atoms with E-state index in [-0.39, 0.29) is 0 Å².